The number of anilines is 4. The molecule has 0 aromatic heterocycles. The van der Waals surface area contributed by atoms with E-state index in [0.717, 1.165) is 13.8 Å². The van der Waals surface area contributed by atoms with Gasteiger partial charge in [-0.1, -0.05) is 35.3 Å². The van der Waals surface area contributed by atoms with Gasteiger partial charge in [0.15, 0.2) is 11.6 Å². The average Bonchev–Trinajstić information content (AvgIpc) is 3.31. The number of halogens is 5. The number of Topliss-reactive ketones (excluding diaryl/α,β-unsaturated/α-hetero) is 2. The summed E-state index contributed by atoms with van der Waals surface area (Å²) in [4.78, 5) is 79.1. The van der Waals surface area contributed by atoms with Gasteiger partial charge in [-0.15, -0.1) is 34.8 Å². The van der Waals surface area contributed by atoms with Crippen LogP contribution in [0.4, 0.5) is 34.1 Å². The van der Waals surface area contributed by atoms with Crippen molar-refractivity contribution in [1.29, 1.82) is 0 Å². The molecule has 2 atom stereocenters. The van der Waals surface area contributed by atoms with Gasteiger partial charge in [-0.05, 0) is 130 Å². The lowest BCUT2D eigenvalue weighted by molar-refractivity contribution is -0.127. The number of ketones is 2. The maximum Gasteiger partial charge on any atom is 0.258 e. The van der Waals surface area contributed by atoms with E-state index in [1.54, 1.807) is 36.4 Å². The van der Waals surface area contributed by atoms with E-state index >= 15 is 0 Å². The standard InChI is InChI=1S/C48H45Cl5N8O8/c1-5-68-32-14-17-37(29(22-32)24-50)55-45(64)34-9-7-11-39(41(34)52)58-60-43(26(3)62)47(66)54-31-13-16-36(28(21-31)19-20-49)57-48(67)44(27(4)63)61-59-40-12-8-10-35(42(40)53)46(65)56-38-18-15-33(69-6-2)23-30(38)25-51/h7-18,21-23,43-44H,5-6,19-20,24-25H2,1-4H3,(H,54,66)(H,55,64)(H,56,65)(H,57,67). The lowest BCUT2D eigenvalue weighted by Crippen LogP contribution is -2.32. The van der Waals surface area contributed by atoms with Crippen molar-refractivity contribution in [2.75, 3.05) is 40.4 Å². The fourth-order valence-electron chi connectivity index (χ4n) is 6.43. The number of amides is 4. The van der Waals surface area contributed by atoms with Crippen molar-refractivity contribution < 1.29 is 38.2 Å². The van der Waals surface area contributed by atoms with Gasteiger partial charge in [0.1, 0.15) is 22.9 Å². The van der Waals surface area contributed by atoms with Gasteiger partial charge in [0.05, 0.1) is 34.4 Å². The summed E-state index contributed by atoms with van der Waals surface area (Å²) in [5.41, 5.74) is 3.14. The Labute approximate surface area is 422 Å². The number of carbonyl (C=O) groups excluding carboxylic acids is 6. The van der Waals surface area contributed by atoms with Crippen LogP contribution in [0.15, 0.2) is 111 Å². The van der Waals surface area contributed by atoms with E-state index in [2.05, 4.69) is 41.7 Å². The van der Waals surface area contributed by atoms with E-state index in [0.29, 0.717) is 52.8 Å². The van der Waals surface area contributed by atoms with Crippen LogP contribution in [-0.2, 0) is 37.4 Å². The van der Waals surface area contributed by atoms with Crippen LogP contribution in [0.3, 0.4) is 0 Å². The Hall–Kier alpha value is -6.43. The lowest BCUT2D eigenvalue weighted by Gasteiger charge is -2.16. The first-order valence-electron chi connectivity index (χ1n) is 21.1. The van der Waals surface area contributed by atoms with E-state index in [-0.39, 0.29) is 68.0 Å². The van der Waals surface area contributed by atoms with Crippen molar-refractivity contribution in [2.45, 2.75) is 58.0 Å². The topological polar surface area (TPSA) is 218 Å². The van der Waals surface area contributed by atoms with Crippen molar-refractivity contribution in [3.8, 4) is 11.5 Å². The maximum atomic E-state index is 13.6. The minimum absolute atomic E-state index is 0.0144. The van der Waals surface area contributed by atoms with Crippen LogP contribution in [-0.4, -0.2) is 66.4 Å². The summed E-state index contributed by atoms with van der Waals surface area (Å²) in [6, 6.07) is 20.2. The van der Waals surface area contributed by atoms with Crippen molar-refractivity contribution in [1.82, 2.24) is 0 Å². The third-order valence-corrected chi connectivity index (χ3v) is 11.4. The second kappa shape index (κ2) is 25.8. The molecular weight excluding hydrogens is 994 g/mol. The molecule has 0 fully saturated rings. The molecule has 0 saturated heterocycles. The number of nitrogens with one attached hydrogen (secondary N) is 4. The van der Waals surface area contributed by atoms with Crippen LogP contribution >= 0.6 is 58.0 Å². The smallest absolute Gasteiger partial charge is 0.258 e. The first-order chi connectivity index (χ1) is 33.1. The number of nitrogens with zero attached hydrogens (tertiary/aromatic N) is 4. The third-order valence-electron chi connectivity index (χ3n) is 9.83. The molecule has 0 saturated carbocycles. The summed E-state index contributed by atoms with van der Waals surface area (Å²) in [5.74, 6) is -2.66. The van der Waals surface area contributed by atoms with Crippen LogP contribution in [0.5, 0.6) is 11.5 Å². The van der Waals surface area contributed by atoms with Gasteiger partial charge in [-0.3, -0.25) is 28.8 Å². The van der Waals surface area contributed by atoms with Crippen LogP contribution in [0.2, 0.25) is 10.0 Å². The van der Waals surface area contributed by atoms with E-state index < -0.39 is 47.3 Å². The molecule has 0 aliphatic carbocycles. The Balaban J connectivity index is 1.28. The van der Waals surface area contributed by atoms with Gasteiger partial charge in [0.25, 0.3) is 23.6 Å². The summed E-state index contributed by atoms with van der Waals surface area (Å²) < 4.78 is 11.0. The number of carbonyl (C=O) groups is 6. The number of azo groups is 2. The number of hydrogen-bond donors (Lipinski definition) is 4. The normalized spacial score (nSPS) is 12.0. The van der Waals surface area contributed by atoms with Crippen molar-refractivity contribution >= 4 is 127 Å². The molecule has 5 rings (SSSR count). The lowest BCUT2D eigenvalue weighted by atomic mass is 10.1. The van der Waals surface area contributed by atoms with Gasteiger partial charge in [-0.2, -0.15) is 20.5 Å². The molecule has 0 bridgehead atoms. The number of alkyl halides is 3. The van der Waals surface area contributed by atoms with Gasteiger partial charge < -0.3 is 30.7 Å². The highest BCUT2D eigenvalue weighted by atomic mass is 35.5. The molecule has 69 heavy (non-hydrogen) atoms. The van der Waals surface area contributed by atoms with E-state index in [4.69, 9.17) is 67.5 Å². The minimum atomic E-state index is -1.64. The van der Waals surface area contributed by atoms with E-state index in [1.165, 1.54) is 54.6 Å². The summed E-state index contributed by atoms with van der Waals surface area (Å²) in [6.07, 6.45) is 0.199. The number of ether oxygens (including phenoxy) is 2. The van der Waals surface area contributed by atoms with Crippen molar-refractivity contribution in [2.24, 2.45) is 20.5 Å². The molecule has 21 heteroatoms. The zero-order chi connectivity index (χ0) is 50.2. The minimum Gasteiger partial charge on any atom is -0.494 e. The molecule has 360 valence electrons. The summed E-state index contributed by atoms with van der Waals surface area (Å²) in [7, 11) is 0. The summed E-state index contributed by atoms with van der Waals surface area (Å²) >= 11 is 31.5. The Kier molecular flexibility index (Phi) is 20.0. The van der Waals surface area contributed by atoms with Gasteiger partial charge in [0, 0.05) is 40.4 Å². The molecule has 2 unspecified atom stereocenters. The maximum absolute atomic E-state index is 13.6. The average molecular weight is 1040 g/mol. The highest BCUT2D eigenvalue weighted by Gasteiger charge is 2.27. The summed E-state index contributed by atoms with van der Waals surface area (Å²) in [6.45, 7) is 6.91. The first-order valence-corrected chi connectivity index (χ1v) is 23.4. The zero-order valence-electron chi connectivity index (χ0n) is 37.5. The van der Waals surface area contributed by atoms with Crippen LogP contribution in [0.25, 0.3) is 0 Å². The molecule has 0 aliphatic heterocycles. The Morgan fingerprint density at radius 2 is 0.986 bits per heavy atom. The fraction of sp³-hybridized carbons (Fsp3) is 0.250. The quantitative estimate of drug-likeness (QED) is 0.0296. The molecule has 0 aliphatic rings. The van der Waals surface area contributed by atoms with Crippen molar-refractivity contribution in [3.05, 3.63) is 129 Å². The molecule has 0 heterocycles. The fourth-order valence-corrected chi connectivity index (χ4v) is 7.58. The highest BCUT2D eigenvalue weighted by Crippen LogP contribution is 2.33. The Morgan fingerprint density at radius 3 is 1.41 bits per heavy atom. The second-order valence-electron chi connectivity index (χ2n) is 14.7. The largest absolute Gasteiger partial charge is 0.494 e. The first kappa shape index (κ1) is 53.5. The monoisotopic (exact) mass is 1040 g/mol. The molecule has 5 aromatic rings. The van der Waals surface area contributed by atoms with Gasteiger partial charge in [-0.25, -0.2) is 0 Å². The molecular formula is C48H45Cl5N8O8. The molecule has 16 nitrogen and oxygen atoms in total. The van der Waals surface area contributed by atoms with E-state index in [9.17, 15) is 28.8 Å². The number of rotatable bonds is 22. The molecule has 5 aromatic carbocycles. The zero-order valence-corrected chi connectivity index (χ0v) is 41.3. The summed E-state index contributed by atoms with van der Waals surface area (Å²) in [5, 5.41) is 26.8. The predicted molar refractivity (Wildman–Crippen MR) is 269 cm³/mol. The molecule has 0 spiro atoms. The Morgan fingerprint density at radius 1 is 0.551 bits per heavy atom. The van der Waals surface area contributed by atoms with Crippen molar-refractivity contribution in [3.63, 3.8) is 0 Å². The molecule has 0 radical (unpaired) electrons. The Bertz CT molecular complexity index is 2810. The predicted octanol–water partition coefficient (Wildman–Crippen LogP) is 11.9. The number of aryl methyl sites for hydroxylation is 1. The van der Waals surface area contributed by atoms with Gasteiger partial charge in [0.2, 0.25) is 12.1 Å². The second-order valence-corrected chi connectivity index (χ2v) is 16.4. The van der Waals surface area contributed by atoms with E-state index in [1.807, 2.05) is 13.8 Å². The highest BCUT2D eigenvalue weighted by molar-refractivity contribution is 6.37. The SMILES string of the molecule is CCOc1ccc(NC(=O)c2cccc(N=NC(C(C)=O)C(=O)Nc3ccc(NC(=O)C(N=Nc4cccc(C(=O)Nc5ccc(OCC)cc5CCl)c4Cl)C(C)=O)c(CCCl)c3)c2Cl)c(CCl)c1. The van der Waals surface area contributed by atoms with Crippen LogP contribution in [0, 0.1) is 0 Å². The van der Waals surface area contributed by atoms with Gasteiger partial charge >= 0.3 is 0 Å². The third kappa shape index (κ3) is 14.3. The molecule has 4 amide bonds. The number of hydrogen-bond acceptors (Lipinski definition) is 12. The molecule has 4 N–H and O–H groups in total. The van der Waals surface area contributed by atoms with Crippen LogP contribution < -0.4 is 30.7 Å². The number of benzene rings is 5. The van der Waals surface area contributed by atoms with Crippen LogP contribution in [0.1, 0.15) is 65.1 Å².